The van der Waals surface area contributed by atoms with E-state index in [1.165, 1.54) is 6.42 Å². The van der Waals surface area contributed by atoms with Gasteiger partial charge in [0.05, 0.1) is 21.5 Å². The first-order chi connectivity index (χ1) is 9.04. The van der Waals surface area contributed by atoms with Crippen LogP contribution in [0.3, 0.4) is 0 Å². The largest absolute Gasteiger partial charge is 0.383 e. The molecule has 2 saturated heterocycles. The lowest BCUT2D eigenvalue weighted by Gasteiger charge is -2.19. The number of halogens is 1. The van der Waals surface area contributed by atoms with E-state index in [4.69, 9.17) is 15.5 Å². The fourth-order valence-electron chi connectivity index (χ4n) is 3.13. The van der Waals surface area contributed by atoms with Gasteiger partial charge in [-0.3, -0.25) is 0 Å². The third-order valence-corrected chi connectivity index (χ3v) is 5.18. The molecule has 104 valence electrons. The van der Waals surface area contributed by atoms with Crippen molar-refractivity contribution in [3.63, 3.8) is 0 Å². The summed E-state index contributed by atoms with van der Waals surface area (Å²) in [4.78, 5) is 9.32. The molecule has 0 aliphatic carbocycles. The molecule has 3 atom stereocenters. The Kier molecular flexibility index (Phi) is 3.68. The molecule has 0 amide bonds. The summed E-state index contributed by atoms with van der Waals surface area (Å²) in [6.45, 7) is 4.41. The van der Waals surface area contributed by atoms with E-state index in [9.17, 15) is 0 Å². The van der Waals surface area contributed by atoms with Crippen molar-refractivity contribution in [2.45, 2.75) is 57.7 Å². The van der Waals surface area contributed by atoms with Gasteiger partial charge >= 0.3 is 0 Å². The standard InChI is InChI=1S/C14H20IN3O/c1-7(2)5-10-12(15)13(16)18-14(17-10)9-6-8-3-4-11(9)19-8/h7-9,11H,3-6H2,1-2H3,(H2,16,17,18). The average molecular weight is 373 g/mol. The van der Waals surface area contributed by atoms with Gasteiger partial charge in [0.15, 0.2) is 0 Å². The molecule has 2 fully saturated rings. The number of nitrogens with two attached hydrogens (primary N) is 1. The van der Waals surface area contributed by atoms with Crippen LogP contribution < -0.4 is 5.73 Å². The summed E-state index contributed by atoms with van der Waals surface area (Å²) in [7, 11) is 0. The van der Waals surface area contributed by atoms with Crippen molar-refractivity contribution < 1.29 is 4.74 Å². The van der Waals surface area contributed by atoms with Crippen LogP contribution in [0.1, 0.15) is 50.5 Å². The molecule has 2 bridgehead atoms. The van der Waals surface area contributed by atoms with Crippen LogP contribution in [0.15, 0.2) is 0 Å². The quantitative estimate of drug-likeness (QED) is 0.828. The highest BCUT2D eigenvalue weighted by Gasteiger charge is 2.43. The van der Waals surface area contributed by atoms with E-state index in [1.54, 1.807) is 0 Å². The monoisotopic (exact) mass is 373 g/mol. The number of aromatic nitrogens is 2. The zero-order chi connectivity index (χ0) is 13.6. The second kappa shape index (κ2) is 5.16. The lowest BCUT2D eigenvalue weighted by Crippen LogP contribution is -2.19. The van der Waals surface area contributed by atoms with Gasteiger partial charge in [-0.1, -0.05) is 13.8 Å². The minimum Gasteiger partial charge on any atom is -0.383 e. The maximum Gasteiger partial charge on any atom is 0.140 e. The maximum atomic E-state index is 6.06. The molecular formula is C14H20IN3O. The fraction of sp³-hybridized carbons (Fsp3) is 0.714. The Bertz CT molecular complexity index is 492. The van der Waals surface area contributed by atoms with Crippen molar-refractivity contribution in [3.8, 4) is 0 Å². The van der Waals surface area contributed by atoms with Crippen LogP contribution >= 0.6 is 22.6 Å². The zero-order valence-corrected chi connectivity index (χ0v) is 13.6. The van der Waals surface area contributed by atoms with Crippen LogP contribution in [0.2, 0.25) is 0 Å². The molecule has 0 saturated carbocycles. The molecule has 19 heavy (non-hydrogen) atoms. The van der Waals surface area contributed by atoms with Crippen LogP contribution in [-0.4, -0.2) is 22.2 Å². The van der Waals surface area contributed by atoms with Crippen LogP contribution in [0, 0.1) is 9.49 Å². The summed E-state index contributed by atoms with van der Waals surface area (Å²) in [6, 6.07) is 0. The van der Waals surface area contributed by atoms with Gasteiger partial charge in [-0.2, -0.15) is 0 Å². The van der Waals surface area contributed by atoms with Gasteiger partial charge in [-0.15, -0.1) is 0 Å². The van der Waals surface area contributed by atoms with Crippen molar-refractivity contribution >= 4 is 28.4 Å². The second-order valence-electron chi connectivity index (χ2n) is 6.04. The Morgan fingerprint density at radius 2 is 2.16 bits per heavy atom. The van der Waals surface area contributed by atoms with E-state index < -0.39 is 0 Å². The molecule has 5 heteroatoms. The van der Waals surface area contributed by atoms with Crippen molar-refractivity contribution in [2.24, 2.45) is 5.92 Å². The van der Waals surface area contributed by atoms with Crippen molar-refractivity contribution in [1.82, 2.24) is 9.97 Å². The van der Waals surface area contributed by atoms with Gasteiger partial charge in [-0.25, -0.2) is 9.97 Å². The van der Waals surface area contributed by atoms with Gasteiger partial charge < -0.3 is 10.5 Å². The van der Waals surface area contributed by atoms with Gasteiger partial charge in [-0.05, 0) is 54.2 Å². The van der Waals surface area contributed by atoms with Gasteiger partial charge in [0.2, 0.25) is 0 Å². The molecule has 2 N–H and O–H groups in total. The first kappa shape index (κ1) is 13.5. The van der Waals surface area contributed by atoms with Crippen LogP contribution in [0.4, 0.5) is 5.82 Å². The Morgan fingerprint density at radius 1 is 1.37 bits per heavy atom. The summed E-state index contributed by atoms with van der Waals surface area (Å²) in [6.07, 6.45) is 5.10. The first-order valence-electron chi connectivity index (χ1n) is 7.01. The molecule has 2 aliphatic rings. The SMILES string of the molecule is CC(C)Cc1nc(C2CC3CCC2O3)nc(N)c1I. The molecule has 0 aromatic carbocycles. The molecule has 0 spiro atoms. The number of fused-ring (bicyclic) bond motifs is 2. The van der Waals surface area contributed by atoms with E-state index in [0.29, 0.717) is 29.9 Å². The fourth-order valence-corrected chi connectivity index (χ4v) is 3.59. The lowest BCUT2D eigenvalue weighted by molar-refractivity contribution is 0.0998. The van der Waals surface area contributed by atoms with Crippen molar-refractivity contribution in [2.75, 3.05) is 5.73 Å². The predicted octanol–water partition coefficient (Wildman–Crippen LogP) is 2.90. The second-order valence-corrected chi connectivity index (χ2v) is 7.12. The molecule has 1 aromatic heterocycles. The summed E-state index contributed by atoms with van der Waals surface area (Å²) >= 11 is 2.26. The minimum absolute atomic E-state index is 0.316. The summed E-state index contributed by atoms with van der Waals surface area (Å²) in [5.74, 6) is 2.46. The number of hydrogen-bond acceptors (Lipinski definition) is 4. The zero-order valence-electron chi connectivity index (χ0n) is 11.4. The molecular weight excluding hydrogens is 353 g/mol. The van der Waals surface area contributed by atoms with Crippen molar-refractivity contribution in [1.29, 1.82) is 0 Å². The van der Waals surface area contributed by atoms with Crippen LogP contribution in [0.5, 0.6) is 0 Å². The smallest absolute Gasteiger partial charge is 0.140 e. The highest BCUT2D eigenvalue weighted by molar-refractivity contribution is 14.1. The van der Waals surface area contributed by atoms with E-state index in [2.05, 4.69) is 41.4 Å². The third kappa shape index (κ3) is 2.59. The molecule has 3 rings (SSSR count). The molecule has 4 nitrogen and oxygen atoms in total. The number of ether oxygens (including phenoxy) is 1. The number of anilines is 1. The number of nitrogens with zero attached hydrogens (tertiary/aromatic N) is 2. The number of hydrogen-bond donors (Lipinski definition) is 1. The predicted molar refractivity (Wildman–Crippen MR) is 83.0 cm³/mol. The minimum atomic E-state index is 0.316. The highest BCUT2D eigenvalue weighted by atomic mass is 127. The maximum absolute atomic E-state index is 6.06. The molecule has 0 radical (unpaired) electrons. The molecule has 1 aromatic rings. The summed E-state index contributed by atoms with van der Waals surface area (Å²) < 4.78 is 6.92. The normalized spacial score (nSPS) is 29.4. The van der Waals surface area contributed by atoms with Gasteiger partial charge in [0.25, 0.3) is 0 Å². The molecule has 2 aliphatic heterocycles. The number of nitrogen functional groups attached to an aromatic ring is 1. The third-order valence-electron chi connectivity index (χ3n) is 4.00. The molecule has 3 heterocycles. The van der Waals surface area contributed by atoms with E-state index in [-0.39, 0.29) is 0 Å². The Hall–Kier alpha value is -0.430. The van der Waals surface area contributed by atoms with Gasteiger partial charge in [0.1, 0.15) is 11.6 Å². The van der Waals surface area contributed by atoms with E-state index in [1.807, 2.05) is 0 Å². The van der Waals surface area contributed by atoms with Gasteiger partial charge in [0, 0.05) is 5.92 Å². The Balaban J connectivity index is 1.91. The van der Waals surface area contributed by atoms with E-state index in [0.717, 1.165) is 34.4 Å². The summed E-state index contributed by atoms with van der Waals surface area (Å²) in [5.41, 5.74) is 7.16. The summed E-state index contributed by atoms with van der Waals surface area (Å²) in [5, 5.41) is 0. The Morgan fingerprint density at radius 3 is 2.74 bits per heavy atom. The highest BCUT2D eigenvalue weighted by Crippen LogP contribution is 2.43. The van der Waals surface area contributed by atoms with Crippen LogP contribution in [-0.2, 0) is 11.2 Å². The topological polar surface area (TPSA) is 61.0 Å². The molecule has 3 unspecified atom stereocenters. The van der Waals surface area contributed by atoms with Crippen LogP contribution in [0.25, 0.3) is 0 Å². The van der Waals surface area contributed by atoms with E-state index >= 15 is 0 Å². The first-order valence-corrected chi connectivity index (χ1v) is 8.09. The van der Waals surface area contributed by atoms with Crippen molar-refractivity contribution in [3.05, 3.63) is 15.1 Å². The lowest BCUT2D eigenvalue weighted by atomic mass is 9.88. The average Bonchev–Trinajstić information content (AvgIpc) is 2.96. The number of rotatable bonds is 3. The Labute approximate surface area is 127 Å².